The molecular formula is C12H19N3O3. The third-order valence-electron chi connectivity index (χ3n) is 2.62. The molecule has 100 valence electrons. The summed E-state index contributed by atoms with van der Waals surface area (Å²) in [4.78, 5) is 8.10. The summed E-state index contributed by atoms with van der Waals surface area (Å²) in [6.45, 7) is 6.14. The number of nitrogens with zero attached hydrogens (tertiary/aromatic N) is 2. The van der Waals surface area contributed by atoms with E-state index in [9.17, 15) is 0 Å². The zero-order valence-corrected chi connectivity index (χ0v) is 11.0. The fourth-order valence-electron chi connectivity index (χ4n) is 1.84. The summed E-state index contributed by atoms with van der Waals surface area (Å²) in [5, 5.41) is 3.31. The van der Waals surface area contributed by atoms with Crippen LogP contribution in [0, 0.1) is 0 Å². The monoisotopic (exact) mass is 253 g/mol. The molecule has 1 N–H and O–H groups in total. The number of rotatable bonds is 4. The van der Waals surface area contributed by atoms with Crippen LogP contribution in [0.3, 0.4) is 0 Å². The maximum atomic E-state index is 5.88. The molecule has 1 saturated heterocycles. The summed E-state index contributed by atoms with van der Waals surface area (Å²) in [6.07, 6.45) is 1.61. The molecule has 0 spiro atoms. The van der Waals surface area contributed by atoms with Gasteiger partial charge in [-0.2, -0.15) is 4.98 Å². The first-order chi connectivity index (χ1) is 8.59. The van der Waals surface area contributed by atoms with Crippen molar-refractivity contribution in [3.63, 3.8) is 0 Å². The van der Waals surface area contributed by atoms with Gasteiger partial charge in [-0.1, -0.05) is 0 Å². The van der Waals surface area contributed by atoms with Crippen LogP contribution in [0.15, 0.2) is 12.3 Å². The summed E-state index contributed by atoms with van der Waals surface area (Å²) in [5.74, 6) is 0.489. The lowest BCUT2D eigenvalue weighted by Gasteiger charge is -2.36. The van der Waals surface area contributed by atoms with Crippen LogP contribution in [-0.2, 0) is 4.74 Å². The van der Waals surface area contributed by atoms with E-state index in [0.29, 0.717) is 18.5 Å². The van der Waals surface area contributed by atoms with E-state index in [1.165, 1.54) is 0 Å². The summed E-state index contributed by atoms with van der Waals surface area (Å²) < 4.78 is 16.4. The van der Waals surface area contributed by atoms with Crippen LogP contribution < -0.4 is 14.8 Å². The van der Waals surface area contributed by atoms with Gasteiger partial charge in [-0.05, 0) is 13.8 Å². The second kappa shape index (κ2) is 5.49. The molecule has 2 rings (SSSR count). The van der Waals surface area contributed by atoms with E-state index in [1.54, 1.807) is 19.4 Å². The fourth-order valence-corrected chi connectivity index (χ4v) is 1.84. The quantitative estimate of drug-likeness (QED) is 0.849. The van der Waals surface area contributed by atoms with Crippen molar-refractivity contribution in [1.29, 1.82) is 0 Å². The molecular weight excluding hydrogens is 234 g/mol. The van der Waals surface area contributed by atoms with Crippen LogP contribution in [0.25, 0.3) is 0 Å². The van der Waals surface area contributed by atoms with Gasteiger partial charge in [0.05, 0.1) is 12.7 Å². The first-order valence-electron chi connectivity index (χ1n) is 5.97. The summed E-state index contributed by atoms with van der Waals surface area (Å²) in [6, 6.07) is 1.98. The van der Waals surface area contributed by atoms with Crippen molar-refractivity contribution >= 4 is 0 Å². The first kappa shape index (κ1) is 13.0. The number of hydrogen-bond donors (Lipinski definition) is 1. The minimum atomic E-state index is -0.165. The Kier molecular flexibility index (Phi) is 3.98. The molecule has 1 aliphatic rings. The molecule has 6 nitrogen and oxygen atoms in total. The topological polar surface area (TPSA) is 65.5 Å². The Morgan fingerprint density at radius 3 is 3.11 bits per heavy atom. The van der Waals surface area contributed by atoms with Gasteiger partial charge in [0.1, 0.15) is 12.7 Å². The molecule has 1 atom stereocenters. The molecule has 1 fully saturated rings. The number of aromatic nitrogens is 2. The van der Waals surface area contributed by atoms with Gasteiger partial charge >= 0.3 is 6.01 Å². The molecule has 2 heterocycles. The lowest BCUT2D eigenvalue weighted by atomic mass is 10.1. The number of nitrogens with one attached hydrogen (secondary N) is 1. The molecule has 0 aliphatic carbocycles. The van der Waals surface area contributed by atoms with Gasteiger partial charge in [0.2, 0.25) is 5.88 Å². The highest BCUT2D eigenvalue weighted by Crippen LogP contribution is 2.16. The van der Waals surface area contributed by atoms with Crippen LogP contribution in [0.5, 0.6) is 11.9 Å². The van der Waals surface area contributed by atoms with E-state index in [1.807, 2.05) is 13.8 Å². The highest BCUT2D eigenvalue weighted by Gasteiger charge is 2.28. The summed E-state index contributed by atoms with van der Waals surface area (Å²) >= 11 is 0. The Balaban J connectivity index is 1.87. The molecule has 0 amide bonds. The maximum absolute atomic E-state index is 5.88. The van der Waals surface area contributed by atoms with Crippen molar-refractivity contribution in [2.75, 3.05) is 26.8 Å². The van der Waals surface area contributed by atoms with Gasteiger partial charge < -0.3 is 19.5 Å². The molecule has 1 unspecified atom stereocenters. The standard InChI is InChI=1S/C12H19N3O3/c1-12(2)8-13-6-9(18-12)7-17-11-14-5-4-10(15-11)16-3/h4-5,9,13H,6-8H2,1-3H3. The number of methoxy groups -OCH3 is 1. The Bertz CT molecular complexity index is 398. The molecule has 18 heavy (non-hydrogen) atoms. The van der Waals surface area contributed by atoms with Crippen molar-refractivity contribution in [1.82, 2.24) is 15.3 Å². The van der Waals surface area contributed by atoms with Gasteiger partial charge in [-0.15, -0.1) is 0 Å². The molecule has 6 heteroatoms. The van der Waals surface area contributed by atoms with Crippen LogP contribution in [0.2, 0.25) is 0 Å². The number of ether oxygens (including phenoxy) is 3. The minimum Gasteiger partial charge on any atom is -0.481 e. The highest BCUT2D eigenvalue weighted by atomic mass is 16.6. The average Bonchev–Trinajstić information content (AvgIpc) is 2.35. The zero-order chi connectivity index (χ0) is 13.0. The van der Waals surface area contributed by atoms with Crippen molar-refractivity contribution < 1.29 is 14.2 Å². The van der Waals surface area contributed by atoms with Crippen LogP contribution in [-0.4, -0.2) is 48.5 Å². The van der Waals surface area contributed by atoms with Crippen molar-refractivity contribution in [2.24, 2.45) is 0 Å². The van der Waals surface area contributed by atoms with E-state index < -0.39 is 0 Å². The molecule has 0 bridgehead atoms. The van der Waals surface area contributed by atoms with E-state index in [4.69, 9.17) is 14.2 Å². The summed E-state index contributed by atoms with van der Waals surface area (Å²) in [5.41, 5.74) is -0.165. The van der Waals surface area contributed by atoms with Gasteiger partial charge in [0, 0.05) is 25.4 Å². The van der Waals surface area contributed by atoms with E-state index in [-0.39, 0.29) is 11.7 Å². The predicted octanol–water partition coefficient (Wildman–Crippen LogP) is 0.631. The van der Waals surface area contributed by atoms with Crippen molar-refractivity contribution in [3.8, 4) is 11.9 Å². The van der Waals surface area contributed by atoms with Gasteiger partial charge in [0.15, 0.2) is 0 Å². The fraction of sp³-hybridized carbons (Fsp3) is 0.667. The van der Waals surface area contributed by atoms with E-state index >= 15 is 0 Å². The SMILES string of the molecule is COc1ccnc(OCC2CNCC(C)(C)O2)n1. The molecule has 1 aromatic rings. The Labute approximate surface area is 107 Å². The maximum Gasteiger partial charge on any atom is 0.319 e. The van der Waals surface area contributed by atoms with E-state index in [2.05, 4.69) is 15.3 Å². The normalized spacial score (nSPS) is 22.5. The van der Waals surface area contributed by atoms with Crippen LogP contribution >= 0.6 is 0 Å². The van der Waals surface area contributed by atoms with Crippen molar-refractivity contribution in [3.05, 3.63) is 12.3 Å². The smallest absolute Gasteiger partial charge is 0.319 e. The molecule has 0 aromatic carbocycles. The van der Waals surface area contributed by atoms with Gasteiger partial charge in [-0.3, -0.25) is 0 Å². The van der Waals surface area contributed by atoms with Crippen LogP contribution in [0.4, 0.5) is 0 Å². The van der Waals surface area contributed by atoms with Crippen LogP contribution in [0.1, 0.15) is 13.8 Å². The number of morpholine rings is 1. The van der Waals surface area contributed by atoms with Gasteiger partial charge in [0.25, 0.3) is 0 Å². The summed E-state index contributed by atoms with van der Waals surface area (Å²) in [7, 11) is 1.56. The Hall–Kier alpha value is -1.40. The molecule has 1 aromatic heterocycles. The second-order valence-electron chi connectivity index (χ2n) is 4.82. The Morgan fingerprint density at radius 2 is 2.39 bits per heavy atom. The third kappa shape index (κ3) is 3.54. The highest BCUT2D eigenvalue weighted by molar-refractivity contribution is 5.10. The number of hydrogen-bond acceptors (Lipinski definition) is 6. The lowest BCUT2D eigenvalue weighted by Crippen LogP contribution is -2.52. The van der Waals surface area contributed by atoms with E-state index in [0.717, 1.165) is 13.1 Å². The zero-order valence-electron chi connectivity index (χ0n) is 11.0. The van der Waals surface area contributed by atoms with Crippen molar-refractivity contribution in [2.45, 2.75) is 25.6 Å². The molecule has 0 saturated carbocycles. The second-order valence-corrected chi connectivity index (χ2v) is 4.82. The minimum absolute atomic E-state index is 0.00329. The predicted molar refractivity (Wildman–Crippen MR) is 65.9 cm³/mol. The third-order valence-corrected chi connectivity index (χ3v) is 2.62. The lowest BCUT2D eigenvalue weighted by molar-refractivity contribution is -0.107. The first-order valence-corrected chi connectivity index (χ1v) is 5.97. The average molecular weight is 253 g/mol. The van der Waals surface area contributed by atoms with Gasteiger partial charge in [-0.25, -0.2) is 4.98 Å². The molecule has 0 radical (unpaired) electrons. The molecule has 1 aliphatic heterocycles. The largest absolute Gasteiger partial charge is 0.481 e. The Morgan fingerprint density at radius 1 is 1.56 bits per heavy atom.